The molecule has 180 valence electrons. The molecule has 1 saturated heterocycles. The maximum Gasteiger partial charge on any atom is 0.250 e. The van der Waals surface area contributed by atoms with Crippen LogP contribution in [0.3, 0.4) is 0 Å². The average Bonchev–Trinajstić information content (AvgIpc) is 3.53. The van der Waals surface area contributed by atoms with E-state index in [1.807, 2.05) is 48.5 Å². The fourth-order valence-electron chi connectivity index (χ4n) is 5.67. The summed E-state index contributed by atoms with van der Waals surface area (Å²) in [6.07, 6.45) is 0.442. The Balaban J connectivity index is 1.37. The van der Waals surface area contributed by atoms with E-state index in [9.17, 15) is 9.59 Å². The van der Waals surface area contributed by atoms with Crippen molar-refractivity contribution in [1.82, 2.24) is 9.88 Å². The Morgan fingerprint density at radius 1 is 0.972 bits per heavy atom. The minimum Gasteiger partial charge on any atom is -0.497 e. The summed E-state index contributed by atoms with van der Waals surface area (Å²) in [5.41, 5.74) is 4.53. The van der Waals surface area contributed by atoms with Crippen molar-refractivity contribution in [3.8, 4) is 17.2 Å². The largest absolute Gasteiger partial charge is 0.497 e. The van der Waals surface area contributed by atoms with Crippen LogP contribution in [0.5, 0.6) is 17.2 Å². The number of aromatic amines is 1. The minimum absolute atomic E-state index is 0.0295. The van der Waals surface area contributed by atoms with Crippen LogP contribution in [-0.2, 0) is 16.0 Å². The van der Waals surface area contributed by atoms with Gasteiger partial charge < -0.3 is 29.0 Å². The van der Waals surface area contributed by atoms with E-state index in [4.69, 9.17) is 14.2 Å². The topological polar surface area (TPSA) is 84.1 Å². The van der Waals surface area contributed by atoms with Crippen molar-refractivity contribution < 1.29 is 23.8 Å². The number of nitrogens with zero attached hydrogens (tertiary/aromatic N) is 2. The summed E-state index contributed by atoms with van der Waals surface area (Å²) in [5.74, 6) is 1.81. The van der Waals surface area contributed by atoms with E-state index in [-0.39, 0.29) is 25.2 Å². The first-order valence-electron chi connectivity index (χ1n) is 11.9. The summed E-state index contributed by atoms with van der Waals surface area (Å²) < 4.78 is 16.4. The third-order valence-electron chi connectivity index (χ3n) is 7.36. The zero-order valence-electron chi connectivity index (χ0n) is 19.6. The third-order valence-corrected chi connectivity index (χ3v) is 7.36. The molecule has 0 unspecified atom stereocenters. The number of ether oxygens (including phenoxy) is 3. The molecule has 1 fully saturated rings. The Hall–Kier alpha value is -4.46. The number of hydrogen-bond acceptors (Lipinski definition) is 5. The van der Waals surface area contributed by atoms with Crippen molar-refractivity contribution in [1.29, 1.82) is 0 Å². The van der Waals surface area contributed by atoms with Gasteiger partial charge in [-0.1, -0.05) is 24.3 Å². The molecule has 2 amide bonds. The number of amides is 2. The van der Waals surface area contributed by atoms with Crippen molar-refractivity contribution in [2.24, 2.45) is 0 Å². The van der Waals surface area contributed by atoms with Gasteiger partial charge in [0.2, 0.25) is 12.7 Å². The molecule has 1 N–H and O–H groups in total. The summed E-state index contributed by atoms with van der Waals surface area (Å²) in [5, 5.41) is 1.07. The molecule has 1 aromatic heterocycles. The lowest BCUT2D eigenvalue weighted by Crippen LogP contribution is -2.63. The Labute approximate surface area is 207 Å². The maximum absolute atomic E-state index is 13.9. The van der Waals surface area contributed by atoms with Crippen LogP contribution in [0, 0.1) is 0 Å². The molecule has 2 atom stereocenters. The first kappa shape index (κ1) is 20.9. The lowest BCUT2D eigenvalue weighted by atomic mass is 9.86. The number of carbonyl (C=O) groups excluding carboxylic acids is 2. The number of rotatable bonds is 3. The predicted molar refractivity (Wildman–Crippen MR) is 132 cm³/mol. The standard InChI is InChI=1S/C28H23N3O5/c1-34-18-9-7-17(8-10-18)30-14-25(32)31-22(28(30)33)13-20-19-4-2-3-5-21(19)29-26(20)27(31)16-6-11-23-24(12-16)36-15-35-23/h2-12,22,27,29H,13-15H2,1H3/t22-,27-/m1/s1. The summed E-state index contributed by atoms with van der Waals surface area (Å²) in [7, 11) is 1.60. The van der Waals surface area contributed by atoms with Gasteiger partial charge in [0.1, 0.15) is 18.3 Å². The molecule has 4 heterocycles. The highest BCUT2D eigenvalue weighted by Crippen LogP contribution is 2.45. The Morgan fingerprint density at radius 2 is 1.78 bits per heavy atom. The molecule has 3 aliphatic rings. The van der Waals surface area contributed by atoms with Crippen LogP contribution in [0.15, 0.2) is 66.7 Å². The van der Waals surface area contributed by atoms with Crippen LogP contribution in [0.25, 0.3) is 10.9 Å². The van der Waals surface area contributed by atoms with Gasteiger partial charge in [0.15, 0.2) is 11.5 Å². The quantitative estimate of drug-likeness (QED) is 0.481. The van der Waals surface area contributed by atoms with Gasteiger partial charge in [-0.2, -0.15) is 0 Å². The molecule has 36 heavy (non-hydrogen) atoms. The molecule has 0 bridgehead atoms. The number of benzene rings is 3. The first-order valence-corrected chi connectivity index (χ1v) is 11.9. The normalized spacial score (nSPS) is 20.5. The van der Waals surface area contributed by atoms with E-state index < -0.39 is 12.1 Å². The van der Waals surface area contributed by atoms with Crippen molar-refractivity contribution in [2.45, 2.75) is 18.5 Å². The number of nitrogens with one attached hydrogen (secondary N) is 1. The second-order valence-corrected chi connectivity index (χ2v) is 9.22. The maximum atomic E-state index is 13.9. The Kier molecular flexibility index (Phi) is 4.51. The second kappa shape index (κ2) is 7.78. The minimum atomic E-state index is -0.629. The summed E-state index contributed by atoms with van der Waals surface area (Å²) in [4.78, 5) is 34.6. The van der Waals surface area contributed by atoms with E-state index in [0.717, 1.165) is 27.7 Å². The number of piperazine rings is 1. The van der Waals surface area contributed by atoms with E-state index >= 15 is 0 Å². The number of methoxy groups -OCH3 is 1. The third kappa shape index (κ3) is 3.00. The van der Waals surface area contributed by atoms with Gasteiger partial charge in [-0.25, -0.2) is 0 Å². The number of H-pyrrole nitrogens is 1. The molecule has 0 radical (unpaired) electrons. The van der Waals surface area contributed by atoms with E-state index in [1.54, 1.807) is 29.0 Å². The molecule has 0 aliphatic carbocycles. The Morgan fingerprint density at radius 3 is 2.61 bits per heavy atom. The zero-order chi connectivity index (χ0) is 24.4. The van der Waals surface area contributed by atoms with Crippen molar-refractivity contribution in [2.75, 3.05) is 25.3 Å². The van der Waals surface area contributed by atoms with Crippen LogP contribution >= 0.6 is 0 Å². The van der Waals surface area contributed by atoms with E-state index in [1.165, 1.54) is 0 Å². The lowest BCUT2D eigenvalue weighted by molar-refractivity contribution is -0.145. The van der Waals surface area contributed by atoms with Crippen LogP contribution in [-0.4, -0.2) is 48.2 Å². The van der Waals surface area contributed by atoms with Gasteiger partial charge in [0.05, 0.1) is 13.2 Å². The Bertz CT molecular complexity index is 1530. The lowest BCUT2D eigenvalue weighted by Gasteiger charge is -2.47. The SMILES string of the molecule is COc1ccc(N2CC(=O)N3[C@H](c4ccc5c(c4)OCO5)c4[nH]c5ccccc5c4C[C@@H]3C2=O)cc1. The molecular weight excluding hydrogens is 458 g/mol. The van der Waals surface area contributed by atoms with Gasteiger partial charge in [-0.15, -0.1) is 0 Å². The van der Waals surface area contributed by atoms with Gasteiger partial charge >= 0.3 is 0 Å². The van der Waals surface area contributed by atoms with Crippen molar-refractivity contribution in [3.05, 3.63) is 83.6 Å². The number of fused-ring (bicyclic) bond motifs is 5. The van der Waals surface area contributed by atoms with Gasteiger partial charge in [0, 0.05) is 28.7 Å². The molecule has 3 aliphatic heterocycles. The molecular formula is C28H23N3O5. The van der Waals surface area contributed by atoms with Gasteiger partial charge in [0.25, 0.3) is 5.91 Å². The predicted octanol–water partition coefficient (Wildman–Crippen LogP) is 3.79. The van der Waals surface area contributed by atoms with Crippen LogP contribution in [0.1, 0.15) is 22.9 Å². The zero-order valence-corrected chi connectivity index (χ0v) is 19.6. The van der Waals surface area contributed by atoms with Gasteiger partial charge in [-0.3, -0.25) is 9.59 Å². The van der Waals surface area contributed by atoms with E-state index in [0.29, 0.717) is 29.4 Å². The summed E-state index contributed by atoms with van der Waals surface area (Å²) in [6, 6.07) is 19.9. The number of hydrogen-bond donors (Lipinski definition) is 1. The molecule has 7 rings (SSSR count). The van der Waals surface area contributed by atoms with Crippen LogP contribution in [0.2, 0.25) is 0 Å². The smallest absolute Gasteiger partial charge is 0.250 e. The second-order valence-electron chi connectivity index (χ2n) is 9.22. The fourth-order valence-corrected chi connectivity index (χ4v) is 5.67. The monoisotopic (exact) mass is 481 g/mol. The highest BCUT2D eigenvalue weighted by Gasteiger charge is 2.48. The molecule has 8 heteroatoms. The molecule has 4 aromatic rings. The molecule has 0 spiro atoms. The summed E-state index contributed by atoms with van der Waals surface area (Å²) in [6.45, 7) is 0.139. The van der Waals surface area contributed by atoms with E-state index in [2.05, 4.69) is 11.1 Å². The van der Waals surface area contributed by atoms with Gasteiger partial charge in [-0.05, 0) is 53.6 Å². The number of para-hydroxylation sites is 1. The van der Waals surface area contributed by atoms with Crippen LogP contribution in [0.4, 0.5) is 5.69 Å². The number of carbonyl (C=O) groups is 2. The van der Waals surface area contributed by atoms with Crippen molar-refractivity contribution >= 4 is 28.4 Å². The average molecular weight is 482 g/mol. The highest BCUT2D eigenvalue weighted by atomic mass is 16.7. The van der Waals surface area contributed by atoms with Crippen molar-refractivity contribution in [3.63, 3.8) is 0 Å². The number of aromatic nitrogens is 1. The molecule has 8 nitrogen and oxygen atoms in total. The van der Waals surface area contributed by atoms with Crippen LogP contribution < -0.4 is 19.1 Å². The summed E-state index contributed by atoms with van der Waals surface area (Å²) >= 11 is 0. The highest BCUT2D eigenvalue weighted by molar-refractivity contribution is 6.07. The molecule has 0 saturated carbocycles. The first-order chi connectivity index (χ1) is 17.6. The fraction of sp³-hybridized carbons (Fsp3) is 0.214. The molecule has 3 aromatic carbocycles. The number of anilines is 1.